The third kappa shape index (κ3) is 3.66. The Morgan fingerprint density at radius 2 is 2.05 bits per heavy atom. The fraction of sp³-hybridized carbons (Fsp3) is 0.286. The molecule has 0 radical (unpaired) electrons. The predicted octanol–water partition coefficient (Wildman–Crippen LogP) is 2.72. The smallest absolute Gasteiger partial charge is 0.272 e. The van der Waals surface area contributed by atoms with Crippen LogP contribution in [0.25, 0.3) is 0 Å². The van der Waals surface area contributed by atoms with Gasteiger partial charge in [0.25, 0.3) is 5.69 Å². The lowest BCUT2D eigenvalue weighted by Crippen LogP contribution is -2.12. The first kappa shape index (κ1) is 13.3. The van der Waals surface area contributed by atoms with Gasteiger partial charge in [0.05, 0.1) is 17.3 Å². The number of furan rings is 1. The van der Waals surface area contributed by atoms with E-state index in [-0.39, 0.29) is 12.1 Å². The second-order valence-electron chi connectivity index (χ2n) is 4.36. The summed E-state index contributed by atoms with van der Waals surface area (Å²) in [5.41, 5.74) is 0.610. The molecule has 1 aromatic heterocycles. The Labute approximate surface area is 110 Å². The van der Waals surface area contributed by atoms with Gasteiger partial charge in [-0.1, -0.05) is 18.2 Å². The first-order valence-corrected chi connectivity index (χ1v) is 6.09. The van der Waals surface area contributed by atoms with E-state index in [4.69, 9.17) is 4.42 Å². The number of aliphatic hydroxyl groups excluding tert-OH is 1. The fourth-order valence-corrected chi connectivity index (χ4v) is 1.98. The summed E-state index contributed by atoms with van der Waals surface area (Å²) in [5.74, 6) is 0.807. The van der Waals surface area contributed by atoms with Crippen LogP contribution in [0.4, 0.5) is 5.69 Å². The molecule has 1 N–H and O–H groups in total. The van der Waals surface area contributed by atoms with Crippen molar-refractivity contribution in [2.75, 3.05) is 0 Å². The molecule has 5 nitrogen and oxygen atoms in total. The van der Waals surface area contributed by atoms with Gasteiger partial charge < -0.3 is 9.52 Å². The lowest BCUT2D eigenvalue weighted by Gasteiger charge is -2.09. The third-order valence-electron chi connectivity index (χ3n) is 2.95. The van der Waals surface area contributed by atoms with E-state index < -0.39 is 11.0 Å². The average molecular weight is 261 g/mol. The third-order valence-corrected chi connectivity index (χ3v) is 2.95. The zero-order valence-corrected chi connectivity index (χ0v) is 10.4. The maximum Gasteiger partial charge on any atom is 0.272 e. The number of hydrogen-bond donors (Lipinski definition) is 1. The summed E-state index contributed by atoms with van der Waals surface area (Å²) < 4.78 is 5.18. The minimum atomic E-state index is -0.619. The van der Waals surface area contributed by atoms with E-state index in [9.17, 15) is 15.2 Å². The topological polar surface area (TPSA) is 76.5 Å². The van der Waals surface area contributed by atoms with E-state index >= 15 is 0 Å². The fourth-order valence-electron chi connectivity index (χ4n) is 1.98. The highest BCUT2D eigenvalue weighted by Crippen LogP contribution is 2.20. The Morgan fingerprint density at radius 1 is 1.26 bits per heavy atom. The van der Waals surface area contributed by atoms with Crippen molar-refractivity contribution >= 4 is 5.69 Å². The molecule has 19 heavy (non-hydrogen) atoms. The normalized spacial score (nSPS) is 12.3. The Kier molecular flexibility index (Phi) is 4.30. The largest absolute Gasteiger partial charge is 0.469 e. The molecule has 1 unspecified atom stereocenters. The lowest BCUT2D eigenvalue weighted by atomic mass is 10.0. The molecule has 0 saturated carbocycles. The summed E-state index contributed by atoms with van der Waals surface area (Å²) in [7, 11) is 0. The van der Waals surface area contributed by atoms with E-state index in [2.05, 4.69) is 0 Å². The van der Waals surface area contributed by atoms with Gasteiger partial charge in [-0.05, 0) is 18.6 Å². The molecule has 0 bridgehead atoms. The molecule has 5 heteroatoms. The molecule has 0 saturated heterocycles. The molecule has 0 spiro atoms. The number of nitrogens with zero attached hydrogens (tertiary/aromatic N) is 1. The summed E-state index contributed by atoms with van der Waals surface area (Å²) in [4.78, 5) is 10.4. The van der Waals surface area contributed by atoms with Gasteiger partial charge in [0.15, 0.2) is 0 Å². The van der Waals surface area contributed by atoms with Crippen molar-refractivity contribution in [2.24, 2.45) is 0 Å². The van der Waals surface area contributed by atoms with Crippen molar-refractivity contribution in [1.82, 2.24) is 0 Å². The molecule has 1 heterocycles. The highest BCUT2D eigenvalue weighted by Gasteiger charge is 2.16. The SMILES string of the molecule is O=[N+]([O-])c1ccccc1CC(O)CCc1ccco1. The van der Waals surface area contributed by atoms with Crippen molar-refractivity contribution in [3.8, 4) is 0 Å². The molecule has 0 aliphatic heterocycles. The van der Waals surface area contributed by atoms with Gasteiger partial charge >= 0.3 is 0 Å². The maximum absolute atomic E-state index is 10.9. The van der Waals surface area contributed by atoms with Crippen LogP contribution in [0.1, 0.15) is 17.7 Å². The standard InChI is InChI=1S/C14H15NO4/c16-12(7-8-13-5-3-9-19-13)10-11-4-1-2-6-14(11)15(17)18/h1-6,9,12,16H,7-8,10H2. The molecular formula is C14H15NO4. The quantitative estimate of drug-likeness (QED) is 0.640. The lowest BCUT2D eigenvalue weighted by molar-refractivity contribution is -0.385. The van der Waals surface area contributed by atoms with Crippen LogP contribution < -0.4 is 0 Å². The van der Waals surface area contributed by atoms with E-state index in [1.165, 1.54) is 6.07 Å². The molecule has 2 aromatic rings. The molecule has 2 rings (SSSR count). The Hall–Kier alpha value is -2.14. The number of para-hydroxylation sites is 1. The van der Waals surface area contributed by atoms with Crippen LogP contribution in [0.2, 0.25) is 0 Å². The zero-order chi connectivity index (χ0) is 13.7. The van der Waals surface area contributed by atoms with Gasteiger partial charge in [0.2, 0.25) is 0 Å². The number of aliphatic hydroxyl groups is 1. The summed E-state index contributed by atoms with van der Waals surface area (Å²) in [5, 5.41) is 20.8. The number of nitro groups is 1. The monoisotopic (exact) mass is 261 g/mol. The summed E-state index contributed by atoms with van der Waals surface area (Å²) in [6, 6.07) is 10.1. The highest BCUT2D eigenvalue weighted by atomic mass is 16.6. The van der Waals surface area contributed by atoms with Crippen LogP contribution >= 0.6 is 0 Å². The first-order valence-electron chi connectivity index (χ1n) is 6.09. The van der Waals surface area contributed by atoms with Gasteiger partial charge in [-0.25, -0.2) is 0 Å². The Morgan fingerprint density at radius 3 is 2.74 bits per heavy atom. The van der Waals surface area contributed by atoms with Crippen LogP contribution in [0.3, 0.4) is 0 Å². The van der Waals surface area contributed by atoms with E-state index in [1.54, 1.807) is 30.5 Å². The Balaban J connectivity index is 1.95. The summed E-state index contributed by atoms with van der Waals surface area (Å²) in [6.45, 7) is 0. The first-order chi connectivity index (χ1) is 9.16. The van der Waals surface area contributed by atoms with Crippen LogP contribution in [0.15, 0.2) is 47.1 Å². The van der Waals surface area contributed by atoms with Crippen LogP contribution in [-0.4, -0.2) is 16.1 Å². The van der Waals surface area contributed by atoms with Gasteiger partial charge in [0, 0.05) is 24.5 Å². The summed E-state index contributed by atoms with van der Waals surface area (Å²) in [6.07, 6.45) is 2.38. The molecule has 0 fully saturated rings. The second-order valence-corrected chi connectivity index (χ2v) is 4.36. The van der Waals surface area contributed by atoms with Crippen LogP contribution in [0.5, 0.6) is 0 Å². The van der Waals surface area contributed by atoms with Gasteiger partial charge in [-0.15, -0.1) is 0 Å². The molecule has 0 aliphatic carbocycles. The van der Waals surface area contributed by atoms with Crippen molar-refractivity contribution in [3.63, 3.8) is 0 Å². The zero-order valence-electron chi connectivity index (χ0n) is 10.4. The van der Waals surface area contributed by atoms with Crippen LogP contribution in [0, 0.1) is 10.1 Å². The van der Waals surface area contributed by atoms with Gasteiger partial charge in [0.1, 0.15) is 5.76 Å². The maximum atomic E-state index is 10.9. The number of benzene rings is 1. The van der Waals surface area contributed by atoms with E-state index in [0.717, 1.165) is 5.76 Å². The molecule has 1 aromatic carbocycles. The number of rotatable bonds is 6. The minimum absolute atomic E-state index is 0.0551. The van der Waals surface area contributed by atoms with Crippen molar-refractivity contribution in [2.45, 2.75) is 25.4 Å². The predicted molar refractivity (Wildman–Crippen MR) is 69.8 cm³/mol. The highest BCUT2D eigenvalue weighted by molar-refractivity contribution is 5.40. The van der Waals surface area contributed by atoms with Gasteiger partial charge in [-0.3, -0.25) is 10.1 Å². The molecule has 100 valence electrons. The van der Waals surface area contributed by atoms with Gasteiger partial charge in [-0.2, -0.15) is 0 Å². The molecule has 0 aliphatic rings. The van der Waals surface area contributed by atoms with Crippen LogP contribution in [-0.2, 0) is 12.8 Å². The number of nitro benzene ring substituents is 1. The Bertz CT molecular complexity index is 536. The minimum Gasteiger partial charge on any atom is -0.469 e. The number of hydrogen-bond acceptors (Lipinski definition) is 4. The number of aryl methyl sites for hydroxylation is 1. The van der Waals surface area contributed by atoms with E-state index in [0.29, 0.717) is 18.4 Å². The molecule has 0 amide bonds. The van der Waals surface area contributed by atoms with Crippen molar-refractivity contribution in [3.05, 3.63) is 64.1 Å². The molecular weight excluding hydrogens is 246 g/mol. The van der Waals surface area contributed by atoms with Crippen molar-refractivity contribution < 1.29 is 14.4 Å². The average Bonchev–Trinajstić information content (AvgIpc) is 2.90. The second kappa shape index (κ2) is 6.15. The summed E-state index contributed by atoms with van der Waals surface area (Å²) >= 11 is 0. The van der Waals surface area contributed by atoms with Crippen molar-refractivity contribution in [1.29, 1.82) is 0 Å². The molecule has 1 atom stereocenters. The van der Waals surface area contributed by atoms with E-state index in [1.807, 2.05) is 6.07 Å².